The van der Waals surface area contributed by atoms with Crippen molar-refractivity contribution in [3.8, 4) is 0 Å². The molecule has 94 valence electrons. The molecule has 18 heavy (non-hydrogen) atoms. The summed E-state index contributed by atoms with van der Waals surface area (Å²) in [7, 11) is 1.55. The summed E-state index contributed by atoms with van der Waals surface area (Å²) >= 11 is 0. The van der Waals surface area contributed by atoms with E-state index in [1.54, 1.807) is 36.4 Å². The fourth-order valence-corrected chi connectivity index (χ4v) is 2.02. The van der Waals surface area contributed by atoms with Crippen LogP contribution >= 0.6 is 0 Å². The van der Waals surface area contributed by atoms with E-state index in [0.29, 0.717) is 24.3 Å². The molecule has 0 aliphatic carbocycles. The van der Waals surface area contributed by atoms with Crippen molar-refractivity contribution in [3.05, 3.63) is 36.5 Å². The van der Waals surface area contributed by atoms with Crippen molar-refractivity contribution in [1.82, 2.24) is 10.3 Å². The van der Waals surface area contributed by atoms with Gasteiger partial charge in [0.25, 0.3) is 5.91 Å². The van der Waals surface area contributed by atoms with Crippen molar-refractivity contribution < 1.29 is 9.59 Å². The van der Waals surface area contributed by atoms with Crippen molar-refractivity contribution in [1.29, 1.82) is 0 Å². The van der Waals surface area contributed by atoms with Gasteiger partial charge in [-0.2, -0.15) is 0 Å². The highest BCUT2D eigenvalue weighted by Crippen LogP contribution is 2.26. The Labute approximate surface area is 106 Å². The Hall–Kier alpha value is -2.17. The highest BCUT2D eigenvalue weighted by molar-refractivity contribution is 6.04. The van der Waals surface area contributed by atoms with E-state index in [9.17, 15) is 9.59 Å². The second-order valence-corrected chi connectivity index (χ2v) is 4.16. The molecule has 0 aromatic carbocycles. The number of nitrogens with zero attached hydrogens (tertiary/aromatic N) is 2. The molecule has 1 atom stereocenters. The maximum atomic E-state index is 11.9. The monoisotopic (exact) mass is 245 g/mol. The molecule has 1 aliphatic heterocycles. The molecular weight excluding hydrogens is 230 g/mol. The molecule has 1 N–H and O–H groups in total. The number of carbonyl (C=O) groups excluding carboxylic acids is 2. The predicted octanol–water partition coefficient (Wildman–Crippen LogP) is 0.980. The van der Waals surface area contributed by atoms with Gasteiger partial charge in [-0.25, -0.2) is 4.98 Å². The molecule has 2 rings (SSSR count). The van der Waals surface area contributed by atoms with Crippen molar-refractivity contribution in [2.24, 2.45) is 5.92 Å². The van der Waals surface area contributed by atoms with E-state index in [4.69, 9.17) is 0 Å². The van der Waals surface area contributed by atoms with E-state index in [-0.39, 0.29) is 17.7 Å². The summed E-state index contributed by atoms with van der Waals surface area (Å²) in [6.07, 6.45) is 3.77. The molecule has 1 aromatic heterocycles. The Morgan fingerprint density at radius 1 is 1.67 bits per heavy atom. The normalized spacial score (nSPS) is 18.8. The number of amides is 2. The standard InChI is InChI=1S/C13H15N3O2/c1-3-9-7-11(17)16(8-9)12-10(13(18)14-2)5-4-6-15-12/h3-6,9H,1,7-8H2,2H3,(H,14,18). The number of hydrogen-bond donors (Lipinski definition) is 1. The van der Waals surface area contributed by atoms with Gasteiger partial charge < -0.3 is 5.32 Å². The van der Waals surface area contributed by atoms with Gasteiger partial charge in [-0.3, -0.25) is 14.5 Å². The van der Waals surface area contributed by atoms with Gasteiger partial charge in [0, 0.05) is 32.1 Å². The van der Waals surface area contributed by atoms with Crippen LogP contribution in [0.5, 0.6) is 0 Å². The first-order valence-electron chi connectivity index (χ1n) is 5.77. The molecule has 0 spiro atoms. The van der Waals surface area contributed by atoms with Crippen LogP contribution in [0.25, 0.3) is 0 Å². The minimum absolute atomic E-state index is 0.0243. The summed E-state index contributed by atoms with van der Waals surface area (Å²) in [6.45, 7) is 4.23. The summed E-state index contributed by atoms with van der Waals surface area (Å²) in [5.74, 6) is 0.278. The third-order valence-corrected chi connectivity index (χ3v) is 3.00. The molecule has 1 unspecified atom stereocenters. The van der Waals surface area contributed by atoms with Crippen LogP contribution in [0.1, 0.15) is 16.8 Å². The zero-order chi connectivity index (χ0) is 13.1. The van der Waals surface area contributed by atoms with Crippen LogP contribution in [0, 0.1) is 5.92 Å². The molecule has 0 saturated carbocycles. The molecule has 2 amide bonds. The molecule has 1 aliphatic rings. The number of hydrogen-bond acceptors (Lipinski definition) is 3. The lowest BCUT2D eigenvalue weighted by atomic mass is 10.1. The van der Waals surface area contributed by atoms with Crippen molar-refractivity contribution >= 4 is 17.6 Å². The van der Waals surface area contributed by atoms with E-state index >= 15 is 0 Å². The molecule has 5 nitrogen and oxygen atoms in total. The van der Waals surface area contributed by atoms with Gasteiger partial charge >= 0.3 is 0 Å². The molecule has 0 radical (unpaired) electrons. The van der Waals surface area contributed by atoms with Gasteiger partial charge in [0.15, 0.2) is 0 Å². The fraction of sp³-hybridized carbons (Fsp3) is 0.308. The Morgan fingerprint density at radius 3 is 3.06 bits per heavy atom. The zero-order valence-electron chi connectivity index (χ0n) is 10.2. The predicted molar refractivity (Wildman–Crippen MR) is 68.3 cm³/mol. The van der Waals surface area contributed by atoms with E-state index < -0.39 is 0 Å². The quantitative estimate of drug-likeness (QED) is 0.807. The molecule has 1 fully saturated rings. The Balaban J connectivity index is 2.36. The third-order valence-electron chi connectivity index (χ3n) is 3.00. The smallest absolute Gasteiger partial charge is 0.254 e. The van der Waals surface area contributed by atoms with Crippen LogP contribution < -0.4 is 10.2 Å². The van der Waals surface area contributed by atoms with Crippen LogP contribution in [0.3, 0.4) is 0 Å². The van der Waals surface area contributed by atoms with E-state index in [0.717, 1.165) is 0 Å². The van der Waals surface area contributed by atoms with E-state index in [1.807, 2.05) is 0 Å². The first-order valence-corrected chi connectivity index (χ1v) is 5.77. The molecule has 2 heterocycles. The number of carbonyl (C=O) groups is 2. The maximum absolute atomic E-state index is 11.9. The second-order valence-electron chi connectivity index (χ2n) is 4.16. The summed E-state index contributed by atoms with van der Waals surface area (Å²) in [5, 5.41) is 2.55. The van der Waals surface area contributed by atoms with Crippen LogP contribution in [0.4, 0.5) is 5.82 Å². The number of pyridine rings is 1. The molecule has 1 aromatic rings. The third kappa shape index (κ3) is 2.11. The lowest BCUT2D eigenvalue weighted by Crippen LogP contribution is -2.29. The lowest BCUT2D eigenvalue weighted by Gasteiger charge is -2.17. The van der Waals surface area contributed by atoms with Crippen LogP contribution in [-0.4, -0.2) is 30.4 Å². The van der Waals surface area contributed by atoms with Crippen molar-refractivity contribution in [2.75, 3.05) is 18.5 Å². The van der Waals surface area contributed by atoms with Crippen molar-refractivity contribution in [2.45, 2.75) is 6.42 Å². The van der Waals surface area contributed by atoms with Gasteiger partial charge in [0.2, 0.25) is 5.91 Å². The molecule has 1 saturated heterocycles. The average Bonchev–Trinajstić information content (AvgIpc) is 2.79. The Bertz CT molecular complexity index is 499. The molecular formula is C13H15N3O2. The topological polar surface area (TPSA) is 62.3 Å². The number of aromatic nitrogens is 1. The van der Waals surface area contributed by atoms with E-state index in [1.165, 1.54) is 0 Å². The lowest BCUT2D eigenvalue weighted by molar-refractivity contribution is -0.117. The van der Waals surface area contributed by atoms with Crippen LogP contribution in [-0.2, 0) is 4.79 Å². The largest absolute Gasteiger partial charge is 0.355 e. The Kier molecular flexibility index (Phi) is 3.41. The van der Waals surface area contributed by atoms with Crippen molar-refractivity contribution in [3.63, 3.8) is 0 Å². The summed E-state index contributed by atoms with van der Waals surface area (Å²) < 4.78 is 0. The van der Waals surface area contributed by atoms with Crippen LogP contribution in [0.2, 0.25) is 0 Å². The highest BCUT2D eigenvalue weighted by Gasteiger charge is 2.31. The Morgan fingerprint density at radius 2 is 2.44 bits per heavy atom. The highest BCUT2D eigenvalue weighted by atomic mass is 16.2. The minimum atomic E-state index is -0.243. The van der Waals surface area contributed by atoms with Gasteiger partial charge in [-0.05, 0) is 12.1 Å². The van der Waals surface area contributed by atoms with Crippen LogP contribution in [0.15, 0.2) is 31.0 Å². The second kappa shape index (κ2) is 5.00. The SMILES string of the molecule is C=CC1CC(=O)N(c2ncccc2C(=O)NC)C1. The van der Waals surface area contributed by atoms with Gasteiger partial charge in [0.1, 0.15) is 5.82 Å². The zero-order valence-corrected chi connectivity index (χ0v) is 10.2. The summed E-state index contributed by atoms with van der Waals surface area (Å²) in [5.41, 5.74) is 0.415. The fourth-order valence-electron chi connectivity index (χ4n) is 2.02. The van der Waals surface area contributed by atoms with E-state index in [2.05, 4.69) is 16.9 Å². The number of anilines is 1. The molecule has 0 bridgehead atoms. The summed E-state index contributed by atoms with van der Waals surface area (Å²) in [4.78, 5) is 29.4. The maximum Gasteiger partial charge on any atom is 0.254 e. The first kappa shape index (κ1) is 12.3. The number of rotatable bonds is 3. The number of nitrogens with one attached hydrogen (secondary N) is 1. The minimum Gasteiger partial charge on any atom is -0.355 e. The first-order chi connectivity index (χ1) is 8.67. The average molecular weight is 245 g/mol. The van der Waals surface area contributed by atoms with Gasteiger partial charge in [0.05, 0.1) is 5.56 Å². The summed E-state index contributed by atoms with van der Waals surface area (Å²) in [6, 6.07) is 3.34. The van der Waals surface area contributed by atoms with Gasteiger partial charge in [-0.15, -0.1) is 6.58 Å². The molecule has 5 heteroatoms. The van der Waals surface area contributed by atoms with Gasteiger partial charge in [-0.1, -0.05) is 6.08 Å².